The van der Waals surface area contributed by atoms with Crippen LogP contribution in [0, 0.1) is 0 Å². The second-order valence-electron chi connectivity index (χ2n) is 7.35. The number of para-hydroxylation sites is 1. The molecule has 0 bridgehead atoms. The van der Waals surface area contributed by atoms with Crippen molar-refractivity contribution in [2.45, 2.75) is 18.8 Å². The summed E-state index contributed by atoms with van der Waals surface area (Å²) in [6.45, 7) is 0. The van der Waals surface area contributed by atoms with Gasteiger partial charge in [0.15, 0.2) is 5.43 Å². The number of benzene rings is 2. The van der Waals surface area contributed by atoms with Crippen molar-refractivity contribution in [1.82, 2.24) is 10.2 Å². The lowest BCUT2D eigenvalue weighted by Crippen LogP contribution is -2.23. The molecular weight excluding hydrogens is 412 g/mol. The Balaban J connectivity index is 1.82. The fourth-order valence-corrected chi connectivity index (χ4v) is 3.81. The molecule has 4 aromatic rings. The van der Waals surface area contributed by atoms with Crippen LogP contribution in [0.3, 0.4) is 0 Å². The summed E-state index contributed by atoms with van der Waals surface area (Å²) in [5, 5.41) is 5.86. The number of carbonyl (C=O) groups excluding carboxylic acids is 1. The van der Waals surface area contributed by atoms with Crippen molar-refractivity contribution in [3.8, 4) is 5.75 Å². The van der Waals surface area contributed by atoms with Gasteiger partial charge >= 0.3 is 5.97 Å². The van der Waals surface area contributed by atoms with E-state index in [0.717, 1.165) is 5.56 Å². The Morgan fingerprint density at radius 1 is 1.03 bits per heavy atom. The fraction of sp³-hybridized carbons (Fsp3) is 0.208. The van der Waals surface area contributed by atoms with Gasteiger partial charge in [0.2, 0.25) is 0 Å². The molecule has 8 heteroatoms. The van der Waals surface area contributed by atoms with Crippen LogP contribution in [0.4, 0.5) is 0 Å². The van der Waals surface area contributed by atoms with Crippen LogP contribution in [-0.2, 0) is 16.0 Å². The van der Waals surface area contributed by atoms with Crippen molar-refractivity contribution < 1.29 is 18.7 Å². The molecule has 0 saturated heterocycles. The van der Waals surface area contributed by atoms with Gasteiger partial charge in [0.1, 0.15) is 11.3 Å². The standard InChI is InChI=1S/C24H22N2O6/c1-30-15-9-7-14(8-10-15)11-19-22(24(29)26-25-19)17(12-21(27)31-2)18-13-32-20-6-4-3-5-16(20)23(18)28/h3-10,13,17H,11-12H2,1-2H3,(H2,25,26,29)/t17-/m1/s1. The van der Waals surface area contributed by atoms with Gasteiger partial charge in [0.25, 0.3) is 5.56 Å². The van der Waals surface area contributed by atoms with E-state index in [9.17, 15) is 14.4 Å². The molecule has 164 valence electrons. The van der Waals surface area contributed by atoms with E-state index >= 15 is 0 Å². The first-order chi connectivity index (χ1) is 15.5. The average Bonchev–Trinajstić information content (AvgIpc) is 3.18. The van der Waals surface area contributed by atoms with Crippen LogP contribution < -0.4 is 15.7 Å². The van der Waals surface area contributed by atoms with E-state index in [1.54, 1.807) is 31.4 Å². The van der Waals surface area contributed by atoms with Crippen molar-refractivity contribution in [2.75, 3.05) is 14.2 Å². The largest absolute Gasteiger partial charge is 0.497 e. The van der Waals surface area contributed by atoms with Crippen LogP contribution in [0.5, 0.6) is 5.75 Å². The summed E-state index contributed by atoms with van der Waals surface area (Å²) < 4.78 is 15.7. The van der Waals surface area contributed by atoms with Gasteiger partial charge in [-0.3, -0.25) is 19.5 Å². The van der Waals surface area contributed by atoms with E-state index in [-0.39, 0.29) is 17.4 Å². The molecule has 2 aromatic heterocycles. The predicted molar refractivity (Wildman–Crippen MR) is 118 cm³/mol. The van der Waals surface area contributed by atoms with Gasteiger partial charge < -0.3 is 19.0 Å². The number of nitrogens with one attached hydrogen (secondary N) is 2. The second-order valence-corrected chi connectivity index (χ2v) is 7.35. The molecule has 2 aromatic carbocycles. The Labute approximate surface area is 182 Å². The Morgan fingerprint density at radius 2 is 1.78 bits per heavy atom. The number of hydrogen-bond donors (Lipinski definition) is 2. The highest BCUT2D eigenvalue weighted by molar-refractivity contribution is 5.77. The lowest BCUT2D eigenvalue weighted by Gasteiger charge is -2.16. The van der Waals surface area contributed by atoms with Crippen molar-refractivity contribution in [3.63, 3.8) is 0 Å². The minimum Gasteiger partial charge on any atom is -0.497 e. The Bertz CT molecular complexity index is 1360. The predicted octanol–water partition coefficient (Wildman–Crippen LogP) is 3.10. The molecule has 4 rings (SSSR count). The molecule has 0 radical (unpaired) electrons. The van der Waals surface area contributed by atoms with Crippen LogP contribution in [0.15, 0.2) is 68.8 Å². The van der Waals surface area contributed by atoms with Crippen molar-refractivity contribution in [3.05, 3.63) is 97.8 Å². The number of aromatic amines is 2. The van der Waals surface area contributed by atoms with Crippen LogP contribution in [0.1, 0.15) is 34.7 Å². The number of methoxy groups -OCH3 is 2. The molecule has 8 nitrogen and oxygen atoms in total. The highest BCUT2D eigenvalue weighted by atomic mass is 16.5. The van der Waals surface area contributed by atoms with E-state index in [4.69, 9.17) is 13.9 Å². The minimum atomic E-state index is -0.841. The summed E-state index contributed by atoms with van der Waals surface area (Å²) in [4.78, 5) is 38.3. The van der Waals surface area contributed by atoms with Gasteiger partial charge in [-0.2, -0.15) is 0 Å². The summed E-state index contributed by atoms with van der Waals surface area (Å²) in [6.07, 6.45) is 1.52. The van der Waals surface area contributed by atoms with E-state index in [0.29, 0.717) is 34.4 Å². The quantitative estimate of drug-likeness (QED) is 0.432. The molecule has 2 heterocycles. The van der Waals surface area contributed by atoms with E-state index in [2.05, 4.69) is 10.2 Å². The monoisotopic (exact) mass is 434 g/mol. The van der Waals surface area contributed by atoms with Crippen LogP contribution in [-0.4, -0.2) is 30.4 Å². The third-order valence-corrected chi connectivity index (χ3v) is 5.47. The molecule has 32 heavy (non-hydrogen) atoms. The number of esters is 1. The number of carbonyl (C=O) groups is 1. The fourth-order valence-electron chi connectivity index (χ4n) is 3.81. The van der Waals surface area contributed by atoms with Crippen molar-refractivity contribution >= 4 is 16.9 Å². The average molecular weight is 434 g/mol. The van der Waals surface area contributed by atoms with Gasteiger partial charge in [-0.15, -0.1) is 0 Å². The van der Waals surface area contributed by atoms with Gasteiger partial charge in [-0.25, -0.2) is 0 Å². The first kappa shape index (κ1) is 21.2. The molecule has 1 atom stereocenters. The normalized spacial score (nSPS) is 11.9. The summed E-state index contributed by atoms with van der Waals surface area (Å²) >= 11 is 0. The smallest absolute Gasteiger partial charge is 0.306 e. The highest BCUT2D eigenvalue weighted by Gasteiger charge is 2.29. The zero-order valence-electron chi connectivity index (χ0n) is 17.6. The number of rotatable bonds is 7. The van der Waals surface area contributed by atoms with E-state index in [1.165, 1.54) is 13.4 Å². The topological polar surface area (TPSA) is 114 Å². The maximum absolute atomic E-state index is 13.2. The lowest BCUT2D eigenvalue weighted by molar-refractivity contribution is -0.140. The molecule has 2 N–H and O–H groups in total. The SMILES string of the molecule is COC(=O)C[C@@H](c1c(Cc2ccc(OC)cc2)[nH][nH]c1=O)c1coc2ccccc2c1=O. The summed E-state index contributed by atoms with van der Waals surface area (Å²) in [5.74, 6) is -0.668. The van der Waals surface area contributed by atoms with Gasteiger partial charge in [0, 0.05) is 29.2 Å². The zero-order chi connectivity index (χ0) is 22.7. The molecule has 0 saturated carbocycles. The van der Waals surface area contributed by atoms with Gasteiger partial charge in [-0.1, -0.05) is 24.3 Å². The Hall–Kier alpha value is -4.07. The summed E-state index contributed by atoms with van der Waals surface area (Å²) in [7, 11) is 2.85. The molecule has 0 spiro atoms. The zero-order valence-corrected chi connectivity index (χ0v) is 17.6. The van der Waals surface area contributed by atoms with E-state index in [1.807, 2.05) is 24.3 Å². The van der Waals surface area contributed by atoms with Crippen molar-refractivity contribution in [1.29, 1.82) is 0 Å². The maximum Gasteiger partial charge on any atom is 0.306 e. The van der Waals surface area contributed by atoms with Gasteiger partial charge in [-0.05, 0) is 29.8 Å². The number of H-pyrrole nitrogens is 2. The number of hydrogen-bond acceptors (Lipinski definition) is 6. The first-order valence-corrected chi connectivity index (χ1v) is 10.0. The van der Waals surface area contributed by atoms with Crippen molar-refractivity contribution in [2.24, 2.45) is 0 Å². The molecule has 0 aliphatic heterocycles. The van der Waals surface area contributed by atoms with Crippen LogP contribution >= 0.6 is 0 Å². The highest BCUT2D eigenvalue weighted by Crippen LogP contribution is 2.29. The first-order valence-electron chi connectivity index (χ1n) is 10.0. The maximum atomic E-state index is 13.2. The third kappa shape index (κ3) is 4.07. The number of aromatic nitrogens is 2. The minimum absolute atomic E-state index is 0.184. The third-order valence-electron chi connectivity index (χ3n) is 5.47. The molecule has 0 unspecified atom stereocenters. The van der Waals surface area contributed by atoms with E-state index < -0.39 is 17.4 Å². The number of fused-ring (bicyclic) bond motifs is 1. The molecule has 0 fully saturated rings. The molecule has 0 aliphatic carbocycles. The molecule has 0 aliphatic rings. The lowest BCUT2D eigenvalue weighted by atomic mass is 9.87. The van der Waals surface area contributed by atoms with Crippen LogP contribution in [0.25, 0.3) is 11.0 Å². The molecular formula is C24H22N2O6. The van der Waals surface area contributed by atoms with Gasteiger partial charge in [0.05, 0.1) is 32.3 Å². The van der Waals surface area contributed by atoms with Crippen LogP contribution in [0.2, 0.25) is 0 Å². The Kier molecular flexibility index (Phi) is 5.93. The Morgan fingerprint density at radius 3 is 2.50 bits per heavy atom. The second kappa shape index (κ2) is 8.97. The molecule has 0 amide bonds. The summed E-state index contributed by atoms with van der Waals surface area (Å²) in [5.41, 5.74) is 1.74. The number of ether oxygens (including phenoxy) is 2. The summed E-state index contributed by atoms with van der Waals surface area (Å²) in [6, 6.07) is 14.2.